The Morgan fingerprint density at radius 3 is 2.44 bits per heavy atom. The zero-order valence-corrected chi connectivity index (χ0v) is 15.8. The van der Waals surface area contributed by atoms with E-state index in [4.69, 9.17) is 9.47 Å². The molecule has 0 spiro atoms. The van der Waals surface area contributed by atoms with Crippen molar-refractivity contribution in [1.29, 1.82) is 0 Å². The van der Waals surface area contributed by atoms with Gasteiger partial charge in [0.05, 0.1) is 4.90 Å². The van der Waals surface area contributed by atoms with Crippen molar-refractivity contribution in [2.75, 3.05) is 27.3 Å². The van der Waals surface area contributed by atoms with Gasteiger partial charge < -0.3 is 9.47 Å². The number of sulfonamides is 1. The van der Waals surface area contributed by atoms with Crippen LogP contribution in [0.3, 0.4) is 0 Å². The van der Waals surface area contributed by atoms with Gasteiger partial charge in [-0.15, -0.1) is 0 Å². The molecule has 0 aliphatic carbocycles. The molecule has 2 aromatic rings. The molecular formula is C17H21NO5S2. The van der Waals surface area contributed by atoms with Crippen LogP contribution in [0, 0.1) is 0 Å². The van der Waals surface area contributed by atoms with Crippen molar-refractivity contribution in [2.24, 2.45) is 0 Å². The van der Waals surface area contributed by atoms with Gasteiger partial charge in [0.15, 0.2) is 0 Å². The average Bonchev–Trinajstić information content (AvgIpc) is 3.10. The molecule has 0 saturated carbocycles. The number of rotatable bonds is 9. The lowest BCUT2D eigenvalue weighted by atomic mass is 10.2. The van der Waals surface area contributed by atoms with Gasteiger partial charge in [-0.2, -0.15) is 11.3 Å². The Bertz CT molecular complexity index is 768. The summed E-state index contributed by atoms with van der Waals surface area (Å²) in [5, 5.41) is 3.99. The van der Waals surface area contributed by atoms with E-state index in [0.29, 0.717) is 18.6 Å². The summed E-state index contributed by atoms with van der Waals surface area (Å²) >= 11 is 1.60. The number of esters is 1. The summed E-state index contributed by atoms with van der Waals surface area (Å²) in [6.07, 6.45) is 1.01. The van der Waals surface area contributed by atoms with Crippen molar-refractivity contribution in [3.8, 4) is 5.75 Å². The van der Waals surface area contributed by atoms with Crippen LogP contribution in [0.15, 0.2) is 46.0 Å². The highest BCUT2D eigenvalue weighted by molar-refractivity contribution is 7.89. The second-order valence-electron chi connectivity index (χ2n) is 5.46. The number of thiophene rings is 1. The van der Waals surface area contributed by atoms with Crippen molar-refractivity contribution in [2.45, 2.75) is 17.7 Å². The van der Waals surface area contributed by atoms with E-state index in [0.717, 1.165) is 9.87 Å². The lowest BCUT2D eigenvalue weighted by molar-refractivity contribution is -0.144. The summed E-state index contributed by atoms with van der Waals surface area (Å²) in [7, 11) is -0.489. The van der Waals surface area contributed by atoms with Crippen LogP contribution in [0.4, 0.5) is 0 Å². The Labute approximate surface area is 152 Å². The van der Waals surface area contributed by atoms with E-state index in [1.54, 1.807) is 23.5 Å². The predicted octanol–water partition coefficient (Wildman–Crippen LogP) is 2.55. The van der Waals surface area contributed by atoms with Crippen molar-refractivity contribution < 1.29 is 22.7 Å². The molecule has 0 bridgehead atoms. The van der Waals surface area contributed by atoms with Gasteiger partial charge in [0.1, 0.15) is 19.0 Å². The first kappa shape index (κ1) is 19.4. The van der Waals surface area contributed by atoms with Gasteiger partial charge in [-0.1, -0.05) is 0 Å². The number of benzene rings is 1. The first-order valence-electron chi connectivity index (χ1n) is 7.71. The van der Waals surface area contributed by atoms with E-state index in [9.17, 15) is 13.2 Å². The Kier molecular flexibility index (Phi) is 6.98. The third-order valence-corrected chi connectivity index (χ3v) is 5.98. The van der Waals surface area contributed by atoms with E-state index in [1.165, 1.54) is 26.2 Å². The third-order valence-electron chi connectivity index (χ3n) is 3.42. The summed E-state index contributed by atoms with van der Waals surface area (Å²) in [6, 6.07) is 8.11. The van der Waals surface area contributed by atoms with Crippen LogP contribution in [0.25, 0.3) is 0 Å². The second-order valence-corrected chi connectivity index (χ2v) is 8.39. The number of ether oxygens (including phenoxy) is 2. The molecule has 2 rings (SSSR count). The summed E-state index contributed by atoms with van der Waals surface area (Å²) in [5.74, 6) is 0.259. The lowest BCUT2D eigenvalue weighted by Crippen LogP contribution is -2.22. The number of carbonyl (C=O) groups excluding carboxylic acids is 1. The molecule has 8 heteroatoms. The molecule has 6 nitrogen and oxygen atoms in total. The zero-order chi connectivity index (χ0) is 18.3. The van der Waals surface area contributed by atoms with Crippen molar-refractivity contribution in [3.05, 3.63) is 46.7 Å². The maximum Gasteiger partial charge on any atom is 0.306 e. The maximum absolute atomic E-state index is 12.0. The molecule has 1 aromatic carbocycles. The van der Waals surface area contributed by atoms with Crippen LogP contribution >= 0.6 is 11.3 Å². The van der Waals surface area contributed by atoms with Gasteiger partial charge in [-0.3, -0.25) is 4.79 Å². The highest BCUT2D eigenvalue weighted by Gasteiger charge is 2.16. The van der Waals surface area contributed by atoms with Gasteiger partial charge in [0.2, 0.25) is 10.0 Å². The molecule has 0 unspecified atom stereocenters. The molecule has 0 atom stereocenters. The van der Waals surface area contributed by atoms with Crippen molar-refractivity contribution >= 4 is 27.3 Å². The minimum Gasteiger partial charge on any atom is -0.490 e. The minimum atomic E-state index is -3.45. The topological polar surface area (TPSA) is 72.9 Å². The van der Waals surface area contributed by atoms with Crippen LogP contribution in [-0.2, 0) is 26.0 Å². The van der Waals surface area contributed by atoms with Crippen LogP contribution < -0.4 is 4.74 Å². The molecule has 1 heterocycles. The van der Waals surface area contributed by atoms with E-state index in [-0.39, 0.29) is 24.1 Å². The van der Waals surface area contributed by atoms with Crippen molar-refractivity contribution in [1.82, 2.24) is 4.31 Å². The predicted molar refractivity (Wildman–Crippen MR) is 96.4 cm³/mol. The molecule has 0 aliphatic heterocycles. The summed E-state index contributed by atoms with van der Waals surface area (Å²) in [6.45, 7) is 0.365. The van der Waals surface area contributed by atoms with Gasteiger partial charge >= 0.3 is 5.97 Å². The molecule has 0 saturated heterocycles. The fourth-order valence-corrected chi connectivity index (χ4v) is 3.59. The number of hydrogen-bond acceptors (Lipinski definition) is 6. The lowest BCUT2D eigenvalue weighted by Gasteiger charge is -2.12. The molecule has 0 fully saturated rings. The fourth-order valence-electron chi connectivity index (χ4n) is 1.99. The standard InChI is InChI=1S/C17H21NO5S2/c1-18(2)25(20,21)16-6-4-15(5-7-16)22-10-11-23-17(19)8-3-14-9-12-24-13-14/h4-7,9,12-13H,3,8,10-11H2,1-2H3. The van der Waals surface area contributed by atoms with Crippen molar-refractivity contribution in [3.63, 3.8) is 0 Å². The normalized spacial score (nSPS) is 11.5. The fraction of sp³-hybridized carbons (Fsp3) is 0.353. The highest BCUT2D eigenvalue weighted by Crippen LogP contribution is 2.18. The monoisotopic (exact) mass is 383 g/mol. The first-order chi connectivity index (χ1) is 11.9. The molecule has 0 radical (unpaired) electrons. The van der Waals surface area contributed by atoms with E-state index < -0.39 is 10.0 Å². The maximum atomic E-state index is 12.0. The van der Waals surface area contributed by atoms with E-state index in [1.807, 2.05) is 16.8 Å². The Morgan fingerprint density at radius 1 is 1.12 bits per heavy atom. The number of nitrogens with zero attached hydrogens (tertiary/aromatic N) is 1. The van der Waals surface area contributed by atoms with E-state index in [2.05, 4.69) is 0 Å². The minimum absolute atomic E-state index is 0.153. The van der Waals surface area contributed by atoms with Crippen LogP contribution in [0.5, 0.6) is 5.75 Å². The number of hydrogen-bond donors (Lipinski definition) is 0. The van der Waals surface area contributed by atoms with Crippen LogP contribution in [0.2, 0.25) is 0 Å². The molecule has 1 aromatic heterocycles. The summed E-state index contributed by atoms with van der Waals surface area (Å²) < 4.78 is 35.6. The van der Waals surface area contributed by atoms with Gasteiger partial charge in [0.25, 0.3) is 0 Å². The van der Waals surface area contributed by atoms with Gasteiger partial charge in [-0.25, -0.2) is 12.7 Å². The quantitative estimate of drug-likeness (QED) is 0.491. The Balaban J connectivity index is 1.70. The van der Waals surface area contributed by atoms with Gasteiger partial charge in [-0.05, 0) is 53.1 Å². The molecule has 25 heavy (non-hydrogen) atoms. The highest BCUT2D eigenvalue weighted by atomic mass is 32.2. The first-order valence-corrected chi connectivity index (χ1v) is 10.1. The summed E-state index contributed by atoms with van der Waals surface area (Å²) in [4.78, 5) is 11.8. The molecule has 0 aliphatic rings. The molecule has 0 N–H and O–H groups in total. The number of carbonyl (C=O) groups is 1. The Morgan fingerprint density at radius 2 is 1.84 bits per heavy atom. The SMILES string of the molecule is CN(C)S(=O)(=O)c1ccc(OCCOC(=O)CCc2ccsc2)cc1. The van der Waals surface area contributed by atoms with Crippen LogP contribution in [-0.4, -0.2) is 46.0 Å². The molecule has 136 valence electrons. The zero-order valence-electron chi connectivity index (χ0n) is 14.2. The molecular weight excluding hydrogens is 362 g/mol. The van der Waals surface area contributed by atoms with Gasteiger partial charge in [0, 0.05) is 20.5 Å². The largest absolute Gasteiger partial charge is 0.490 e. The summed E-state index contributed by atoms with van der Waals surface area (Å²) in [5.41, 5.74) is 1.13. The second kappa shape index (κ2) is 8.98. The Hall–Kier alpha value is -1.90. The molecule has 0 amide bonds. The van der Waals surface area contributed by atoms with E-state index >= 15 is 0 Å². The third kappa shape index (κ3) is 5.84. The average molecular weight is 383 g/mol. The number of aryl methyl sites for hydroxylation is 1. The van der Waals surface area contributed by atoms with Crippen LogP contribution in [0.1, 0.15) is 12.0 Å². The smallest absolute Gasteiger partial charge is 0.306 e.